The van der Waals surface area contributed by atoms with Crippen LogP contribution in [0.4, 0.5) is 8.78 Å². The number of ether oxygens (including phenoxy) is 1. The molecule has 0 saturated heterocycles. The number of aliphatic carboxylic acids is 1. The zero-order chi connectivity index (χ0) is 13.6. The minimum absolute atomic E-state index is 0.404. The van der Waals surface area contributed by atoms with Crippen molar-refractivity contribution in [2.24, 2.45) is 0 Å². The molecule has 1 atom stereocenters. The number of rotatable bonds is 7. The van der Waals surface area contributed by atoms with Crippen molar-refractivity contribution >= 4 is 22.0 Å². The molecule has 0 aliphatic rings. The van der Waals surface area contributed by atoms with Gasteiger partial charge in [0.25, 0.3) is 10.0 Å². The van der Waals surface area contributed by atoms with Gasteiger partial charge in [0, 0.05) is 6.42 Å². The molecule has 0 bridgehead atoms. The molecule has 0 aromatic rings. The van der Waals surface area contributed by atoms with Crippen LogP contribution < -0.4 is 4.72 Å². The number of carbonyl (C=O) groups excluding carboxylic acids is 1. The van der Waals surface area contributed by atoms with Crippen molar-refractivity contribution in [1.82, 2.24) is 4.72 Å². The predicted octanol–water partition coefficient (Wildman–Crippen LogP) is -0.465. The van der Waals surface area contributed by atoms with Crippen molar-refractivity contribution in [3.63, 3.8) is 0 Å². The van der Waals surface area contributed by atoms with Crippen LogP contribution in [-0.4, -0.2) is 44.4 Å². The Balaban J connectivity index is 4.57. The zero-order valence-electron chi connectivity index (χ0n) is 8.72. The Morgan fingerprint density at radius 2 is 1.94 bits per heavy atom. The average Bonchev–Trinajstić information content (AvgIpc) is 2.22. The number of hydrogen-bond acceptors (Lipinski definition) is 5. The molecule has 0 radical (unpaired) electrons. The van der Waals surface area contributed by atoms with Gasteiger partial charge in [0.15, 0.2) is 0 Å². The quantitative estimate of drug-likeness (QED) is 0.608. The molecule has 0 amide bonds. The second-order valence-corrected chi connectivity index (χ2v) is 4.61. The minimum Gasteiger partial charge on any atom is -0.480 e. The van der Waals surface area contributed by atoms with E-state index in [9.17, 15) is 26.8 Å². The van der Waals surface area contributed by atoms with Crippen LogP contribution in [0, 0.1) is 0 Å². The summed E-state index contributed by atoms with van der Waals surface area (Å²) in [5, 5.41) is 8.58. The van der Waals surface area contributed by atoms with Gasteiger partial charge < -0.3 is 9.84 Å². The lowest BCUT2D eigenvalue weighted by Gasteiger charge is -2.13. The summed E-state index contributed by atoms with van der Waals surface area (Å²) in [6, 6.07) is -1.80. The average molecular weight is 275 g/mol. The molecule has 2 N–H and O–H groups in total. The van der Waals surface area contributed by atoms with E-state index in [-0.39, 0.29) is 0 Å². The molecule has 0 rings (SSSR count). The fourth-order valence-electron chi connectivity index (χ4n) is 0.847. The molecule has 10 heteroatoms. The highest BCUT2D eigenvalue weighted by atomic mass is 32.2. The first-order valence-corrected chi connectivity index (χ1v) is 5.84. The lowest BCUT2D eigenvalue weighted by atomic mass is 10.2. The largest absolute Gasteiger partial charge is 0.480 e. The molecule has 17 heavy (non-hydrogen) atoms. The number of sulfonamides is 1. The second kappa shape index (κ2) is 6.45. The minimum atomic E-state index is -5.01. The Hall–Kier alpha value is -1.29. The zero-order valence-corrected chi connectivity index (χ0v) is 9.54. The summed E-state index contributed by atoms with van der Waals surface area (Å²) >= 11 is 0. The van der Waals surface area contributed by atoms with E-state index < -0.39 is 46.6 Å². The molecule has 100 valence electrons. The number of esters is 1. The molecule has 0 unspecified atom stereocenters. The second-order valence-electron chi connectivity index (χ2n) is 2.93. The number of methoxy groups -OCH3 is 1. The number of alkyl halides is 2. The van der Waals surface area contributed by atoms with Gasteiger partial charge >= 0.3 is 17.7 Å². The SMILES string of the molecule is COC(=O)CC[C@@H](NS(=O)(=O)C(F)F)C(=O)O. The van der Waals surface area contributed by atoms with Crippen LogP contribution in [-0.2, 0) is 24.3 Å². The number of carbonyl (C=O) groups is 2. The van der Waals surface area contributed by atoms with E-state index in [1.807, 2.05) is 0 Å². The summed E-state index contributed by atoms with van der Waals surface area (Å²) in [4.78, 5) is 21.3. The summed E-state index contributed by atoms with van der Waals surface area (Å²) in [6.45, 7) is 0. The Morgan fingerprint density at radius 1 is 1.41 bits per heavy atom. The molecular formula is C7H11F2NO6S. The summed E-state index contributed by atoms with van der Waals surface area (Å²) in [5.41, 5.74) is 0. The summed E-state index contributed by atoms with van der Waals surface area (Å²) < 4.78 is 50.9. The van der Waals surface area contributed by atoms with Gasteiger partial charge in [-0.3, -0.25) is 9.59 Å². The third-order valence-electron chi connectivity index (χ3n) is 1.70. The first-order chi connectivity index (χ1) is 7.70. The third kappa shape index (κ3) is 5.54. The van der Waals surface area contributed by atoms with Crippen molar-refractivity contribution in [3.05, 3.63) is 0 Å². The summed E-state index contributed by atoms with van der Waals surface area (Å²) in [7, 11) is -3.96. The molecule has 0 saturated carbocycles. The summed E-state index contributed by atoms with van der Waals surface area (Å²) in [6.07, 6.45) is -0.882. The molecular weight excluding hydrogens is 264 g/mol. The highest BCUT2D eigenvalue weighted by Gasteiger charge is 2.30. The monoisotopic (exact) mass is 275 g/mol. The van der Waals surface area contributed by atoms with Gasteiger partial charge in [-0.25, -0.2) is 8.42 Å². The van der Waals surface area contributed by atoms with E-state index in [0.717, 1.165) is 7.11 Å². The number of halogens is 2. The molecule has 0 spiro atoms. The van der Waals surface area contributed by atoms with Crippen LogP contribution in [0.15, 0.2) is 0 Å². The first-order valence-electron chi connectivity index (χ1n) is 4.29. The number of carboxylic acid groups (broad SMARTS) is 1. The maximum atomic E-state index is 12.0. The van der Waals surface area contributed by atoms with Gasteiger partial charge in [0.05, 0.1) is 7.11 Å². The molecule has 0 fully saturated rings. The van der Waals surface area contributed by atoms with Crippen molar-refractivity contribution < 1.29 is 36.6 Å². The Labute approximate surface area is 95.8 Å². The number of nitrogens with one attached hydrogen (secondary N) is 1. The van der Waals surface area contributed by atoms with E-state index in [4.69, 9.17) is 5.11 Å². The Bertz CT molecular complexity index is 382. The lowest BCUT2D eigenvalue weighted by Crippen LogP contribution is -2.43. The maximum Gasteiger partial charge on any atom is 0.350 e. The fraction of sp³-hybridized carbons (Fsp3) is 0.714. The van der Waals surface area contributed by atoms with Gasteiger partial charge in [-0.2, -0.15) is 13.5 Å². The fourth-order valence-corrected chi connectivity index (χ4v) is 1.56. The number of hydrogen-bond donors (Lipinski definition) is 2. The van der Waals surface area contributed by atoms with Crippen LogP contribution in [0.2, 0.25) is 0 Å². The van der Waals surface area contributed by atoms with Gasteiger partial charge in [-0.15, -0.1) is 0 Å². The summed E-state index contributed by atoms with van der Waals surface area (Å²) in [5.74, 6) is -6.16. The van der Waals surface area contributed by atoms with Crippen LogP contribution in [0.25, 0.3) is 0 Å². The molecule has 0 aliphatic carbocycles. The van der Waals surface area contributed by atoms with Crippen LogP contribution in [0.3, 0.4) is 0 Å². The van der Waals surface area contributed by atoms with Gasteiger partial charge in [0.1, 0.15) is 6.04 Å². The maximum absolute atomic E-state index is 12.0. The van der Waals surface area contributed by atoms with Crippen molar-refractivity contribution in [2.75, 3.05) is 7.11 Å². The van der Waals surface area contributed by atoms with E-state index in [0.29, 0.717) is 0 Å². The van der Waals surface area contributed by atoms with Gasteiger partial charge in [0.2, 0.25) is 0 Å². The molecule has 0 aliphatic heterocycles. The van der Waals surface area contributed by atoms with Crippen LogP contribution in [0.5, 0.6) is 0 Å². The molecule has 0 heterocycles. The van der Waals surface area contributed by atoms with E-state index >= 15 is 0 Å². The standard InChI is InChI=1S/C7H11F2NO6S/c1-16-5(11)3-2-4(6(12)13)10-17(14,15)7(8)9/h4,7,10H,2-3H2,1H3,(H,12,13)/t4-/m1/s1. The van der Waals surface area contributed by atoms with Crippen LogP contribution in [0.1, 0.15) is 12.8 Å². The predicted molar refractivity (Wildman–Crippen MR) is 50.7 cm³/mol. The van der Waals surface area contributed by atoms with Crippen molar-refractivity contribution in [3.8, 4) is 0 Å². The molecule has 0 aromatic heterocycles. The molecule has 0 aromatic carbocycles. The molecule has 7 nitrogen and oxygen atoms in total. The van der Waals surface area contributed by atoms with E-state index in [1.54, 1.807) is 0 Å². The van der Waals surface area contributed by atoms with E-state index in [2.05, 4.69) is 4.74 Å². The number of carboxylic acids is 1. The first kappa shape index (κ1) is 15.7. The Morgan fingerprint density at radius 3 is 2.29 bits per heavy atom. The van der Waals surface area contributed by atoms with Crippen LogP contribution >= 0.6 is 0 Å². The normalized spacial score (nSPS) is 13.4. The smallest absolute Gasteiger partial charge is 0.350 e. The lowest BCUT2D eigenvalue weighted by molar-refractivity contribution is -0.142. The van der Waals surface area contributed by atoms with Crippen molar-refractivity contribution in [1.29, 1.82) is 0 Å². The highest BCUT2D eigenvalue weighted by molar-refractivity contribution is 7.89. The van der Waals surface area contributed by atoms with E-state index in [1.165, 1.54) is 4.72 Å². The topological polar surface area (TPSA) is 110 Å². The van der Waals surface area contributed by atoms with Gasteiger partial charge in [-0.05, 0) is 6.42 Å². The third-order valence-corrected chi connectivity index (χ3v) is 2.79. The van der Waals surface area contributed by atoms with Gasteiger partial charge in [-0.1, -0.05) is 0 Å². The highest BCUT2D eigenvalue weighted by Crippen LogP contribution is 2.07. The van der Waals surface area contributed by atoms with Crippen molar-refractivity contribution in [2.45, 2.75) is 24.6 Å². The Kier molecular flexibility index (Phi) is 5.96.